The lowest BCUT2D eigenvalue weighted by Crippen LogP contribution is -2.29. The number of aromatic amines is 1. The van der Waals surface area contributed by atoms with Crippen LogP contribution in [0.2, 0.25) is 0 Å². The Kier molecular flexibility index (Phi) is 3.99. The standard InChI is InChI=1S/C19H21N3O/c1-3-7-16(8-4-1)23-17-11-18-19(21-13-17)15(12-20-18)14-22-9-5-2-6-10-22/h1,3-4,7-8,11-13,20H,2,5-6,9-10,14H2. The average Bonchev–Trinajstić information content (AvgIpc) is 2.99. The number of nitrogens with zero attached hydrogens (tertiary/aromatic N) is 2. The van der Waals surface area contributed by atoms with Crippen molar-refractivity contribution in [2.75, 3.05) is 13.1 Å². The minimum Gasteiger partial charge on any atom is -0.456 e. The van der Waals surface area contributed by atoms with E-state index in [0.29, 0.717) is 0 Å². The number of hydrogen-bond donors (Lipinski definition) is 1. The first-order valence-electron chi connectivity index (χ1n) is 8.30. The second-order valence-corrected chi connectivity index (χ2v) is 6.13. The number of H-pyrrole nitrogens is 1. The fraction of sp³-hybridized carbons (Fsp3) is 0.316. The lowest BCUT2D eigenvalue weighted by atomic mass is 10.1. The molecule has 0 aliphatic carbocycles. The van der Waals surface area contributed by atoms with Crippen molar-refractivity contribution in [1.82, 2.24) is 14.9 Å². The fourth-order valence-corrected chi connectivity index (χ4v) is 3.20. The largest absolute Gasteiger partial charge is 0.456 e. The molecule has 0 spiro atoms. The maximum absolute atomic E-state index is 5.85. The molecule has 4 nitrogen and oxygen atoms in total. The molecule has 3 heterocycles. The van der Waals surface area contributed by atoms with Gasteiger partial charge in [0.15, 0.2) is 0 Å². The minimum atomic E-state index is 0.759. The SMILES string of the molecule is c1ccc(Oc2cnc3c(CN4CCCCC4)c[nH]c3c2)cc1. The van der Waals surface area contributed by atoms with Crippen molar-refractivity contribution < 1.29 is 4.74 Å². The highest BCUT2D eigenvalue weighted by Crippen LogP contribution is 2.26. The number of pyridine rings is 1. The summed E-state index contributed by atoms with van der Waals surface area (Å²) in [6, 6.07) is 11.8. The first-order chi connectivity index (χ1) is 11.4. The number of hydrogen-bond acceptors (Lipinski definition) is 3. The van der Waals surface area contributed by atoms with E-state index in [4.69, 9.17) is 4.74 Å². The lowest BCUT2D eigenvalue weighted by molar-refractivity contribution is 0.221. The summed E-state index contributed by atoms with van der Waals surface area (Å²) in [6.45, 7) is 3.37. The van der Waals surface area contributed by atoms with E-state index < -0.39 is 0 Å². The first kappa shape index (κ1) is 14.3. The van der Waals surface area contributed by atoms with Gasteiger partial charge in [0.1, 0.15) is 11.5 Å². The van der Waals surface area contributed by atoms with Gasteiger partial charge in [-0.05, 0) is 38.1 Å². The summed E-state index contributed by atoms with van der Waals surface area (Å²) < 4.78 is 5.85. The fourth-order valence-electron chi connectivity index (χ4n) is 3.20. The number of aromatic nitrogens is 2. The number of piperidine rings is 1. The van der Waals surface area contributed by atoms with Crippen LogP contribution in [0.25, 0.3) is 11.0 Å². The molecule has 0 amide bonds. The molecule has 1 N–H and O–H groups in total. The zero-order valence-electron chi connectivity index (χ0n) is 13.2. The van der Waals surface area contributed by atoms with Crippen molar-refractivity contribution in [2.45, 2.75) is 25.8 Å². The summed E-state index contributed by atoms with van der Waals surface area (Å²) in [7, 11) is 0. The molecule has 118 valence electrons. The number of ether oxygens (including phenoxy) is 1. The molecule has 3 aromatic rings. The molecule has 23 heavy (non-hydrogen) atoms. The Morgan fingerprint density at radius 3 is 2.70 bits per heavy atom. The van der Waals surface area contributed by atoms with E-state index in [1.165, 1.54) is 37.9 Å². The quantitative estimate of drug-likeness (QED) is 0.779. The Bertz CT molecular complexity index is 776. The number of rotatable bonds is 4. The summed E-state index contributed by atoms with van der Waals surface area (Å²) >= 11 is 0. The van der Waals surface area contributed by atoms with Crippen molar-refractivity contribution in [3.05, 3.63) is 54.4 Å². The average molecular weight is 307 g/mol. The molecule has 0 saturated carbocycles. The molecule has 2 aromatic heterocycles. The molecule has 1 saturated heterocycles. The number of benzene rings is 1. The van der Waals surface area contributed by atoms with E-state index in [1.54, 1.807) is 0 Å². The van der Waals surface area contributed by atoms with Crippen LogP contribution >= 0.6 is 0 Å². The second kappa shape index (κ2) is 6.42. The van der Waals surface area contributed by atoms with Crippen LogP contribution in [0.1, 0.15) is 24.8 Å². The van der Waals surface area contributed by atoms with Gasteiger partial charge in [0, 0.05) is 24.4 Å². The topological polar surface area (TPSA) is 41.1 Å². The number of para-hydroxylation sites is 1. The highest BCUT2D eigenvalue weighted by atomic mass is 16.5. The van der Waals surface area contributed by atoms with Gasteiger partial charge in [0.05, 0.1) is 17.2 Å². The number of fused-ring (bicyclic) bond motifs is 1. The van der Waals surface area contributed by atoms with Crippen LogP contribution in [-0.2, 0) is 6.54 Å². The van der Waals surface area contributed by atoms with Gasteiger partial charge in [-0.25, -0.2) is 0 Å². The van der Waals surface area contributed by atoms with Gasteiger partial charge in [0.2, 0.25) is 0 Å². The molecular formula is C19H21N3O. The van der Waals surface area contributed by atoms with Gasteiger partial charge in [-0.1, -0.05) is 24.6 Å². The number of likely N-dealkylation sites (tertiary alicyclic amines) is 1. The Morgan fingerprint density at radius 2 is 1.87 bits per heavy atom. The third kappa shape index (κ3) is 3.22. The van der Waals surface area contributed by atoms with Crippen molar-refractivity contribution in [3.63, 3.8) is 0 Å². The van der Waals surface area contributed by atoms with Crippen LogP contribution in [0.3, 0.4) is 0 Å². The predicted octanol–water partition coefficient (Wildman–Crippen LogP) is 4.34. The lowest BCUT2D eigenvalue weighted by Gasteiger charge is -2.25. The van der Waals surface area contributed by atoms with Crippen molar-refractivity contribution in [2.24, 2.45) is 0 Å². The van der Waals surface area contributed by atoms with E-state index in [9.17, 15) is 0 Å². The van der Waals surface area contributed by atoms with Gasteiger partial charge in [-0.15, -0.1) is 0 Å². The third-order valence-corrected chi connectivity index (χ3v) is 4.39. The van der Waals surface area contributed by atoms with Crippen LogP contribution in [0.4, 0.5) is 0 Å². The molecule has 0 atom stereocenters. The molecule has 1 aromatic carbocycles. The summed E-state index contributed by atoms with van der Waals surface area (Å²) in [6.07, 6.45) is 7.87. The van der Waals surface area contributed by atoms with Crippen molar-refractivity contribution in [3.8, 4) is 11.5 Å². The molecule has 4 heteroatoms. The second-order valence-electron chi connectivity index (χ2n) is 6.13. The molecule has 0 radical (unpaired) electrons. The van der Waals surface area contributed by atoms with Crippen molar-refractivity contribution in [1.29, 1.82) is 0 Å². The monoisotopic (exact) mass is 307 g/mol. The van der Waals surface area contributed by atoms with E-state index in [-0.39, 0.29) is 0 Å². The summed E-state index contributed by atoms with van der Waals surface area (Å²) in [4.78, 5) is 10.5. The molecular weight excluding hydrogens is 286 g/mol. The molecule has 1 fully saturated rings. The van der Waals surface area contributed by atoms with Gasteiger partial charge >= 0.3 is 0 Å². The maximum Gasteiger partial charge on any atom is 0.147 e. The Labute approximate surface area is 136 Å². The molecule has 1 aliphatic rings. The van der Waals surface area contributed by atoms with Gasteiger partial charge in [0.25, 0.3) is 0 Å². The summed E-state index contributed by atoms with van der Waals surface area (Å²) in [5, 5.41) is 0. The maximum atomic E-state index is 5.85. The van der Waals surface area contributed by atoms with E-state index in [1.807, 2.05) is 42.6 Å². The molecule has 4 rings (SSSR count). The third-order valence-electron chi connectivity index (χ3n) is 4.39. The van der Waals surface area contributed by atoms with E-state index in [0.717, 1.165) is 29.1 Å². The van der Waals surface area contributed by atoms with Crippen LogP contribution in [-0.4, -0.2) is 28.0 Å². The highest BCUT2D eigenvalue weighted by Gasteiger charge is 2.14. The summed E-state index contributed by atoms with van der Waals surface area (Å²) in [5.41, 5.74) is 3.36. The number of nitrogens with one attached hydrogen (secondary N) is 1. The van der Waals surface area contributed by atoms with E-state index in [2.05, 4.69) is 21.1 Å². The molecule has 0 unspecified atom stereocenters. The van der Waals surface area contributed by atoms with Gasteiger partial charge < -0.3 is 9.72 Å². The zero-order chi connectivity index (χ0) is 15.5. The Morgan fingerprint density at radius 1 is 1.04 bits per heavy atom. The van der Waals surface area contributed by atoms with Crippen molar-refractivity contribution >= 4 is 11.0 Å². The summed E-state index contributed by atoms with van der Waals surface area (Å²) in [5.74, 6) is 1.59. The predicted molar refractivity (Wildman–Crippen MR) is 91.7 cm³/mol. The van der Waals surface area contributed by atoms with Crippen LogP contribution in [0.15, 0.2) is 48.8 Å². The Hall–Kier alpha value is -2.33. The first-order valence-corrected chi connectivity index (χ1v) is 8.30. The van der Waals surface area contributed by atoms with Gasteiger partial charge in [-0.2, -0.15) is 0 Å². The van der Waals surface area contributed by atoms with Crippen LogP contribution in [0, 0.1) is 0 Å². The normalized spacial score (nSPS) is 15.8. The van der Waals surface area contributed by atoms with Crippen LogP contribution in [0.5, 0.6) is 11.5 Å². The van der Waals surface area contributed by atoms with Gasteiger partial charge in [-0.3, -0.25) is 9.88 Å². The smallest absolute Gasteiger partial charge is 0.147 e. The van der Waals surface area contributed by atoms with E-state index >= 15 is 0 Å². The zero-order valence-corrected chi connectivity index (χ0v) is 13.2. The van der Waals surface area contributed by atoms with Crippen LogP contribution < -0.4 is 4.74 Å². The molecule has 0 bridgehead atoms. The highest BCUT2D eigenvalue weighted by molar-refractivity contribution is 5.79. The Balaban J connectivity index is 1.54. The molecule has 1 aliphatic heterocycles. The minimum absolute atomic E-state index is 0.759.